The first-order valence-corrected chi connectivity index (χ1v) is 8.78. The van der Waals surface area contributed by atoms with Gasteiger partial charge in [0, 0.05) is 31.9 Å². The number of benzene rings is 2. The van der Waals surface area contributed by atoms with E-state index in [4.69, 9.17) is 4.74 Å². The van der Waals surface area contributed by atoms with Gasteiger partial charge < -0.3 is 9.64 Å². The molecule has 0 radical (unpaired) electrons. The Morgan fingerprint density at radius 3 is 2.58 bits per heavy atom. The van der Waals surface area contributed by atoms with E-state index in [-0.39, 0.29) is 5.91 Å². The van der Waals surface area contributed by atoms with Crippen LogP contribution in [0, 0.1) is 0 Å². The molecule has 0 fully saturated rings. The third-order valence-corrected chi connectivity index (χ3v) is 4.54. The van der Waals surface area contributed by atoms with Gasteiger partial charge in [0.05, 0.1) is 12.2 Å². The Morgan fingerprint density at radius 1 is 0.962 bits per heavy atom. The SMILES string of the molecule is O=C(c1cccc2c1OCC2)N(Cc1ccccc1)Cc1cccnc1. The van der Waals surface area contributed by atoms with Gasteiger partial charge in [-0.2, -0.15) is 0 Å². The topological polar surface area (TPSA) is 42.4 Å². The summed E-state index contributed by atoms with van der Waals surface area (Å²) < 4.78 is 5.74. The van der Waals surface area contributed by atoms with E-state index in [1.54, 1.807) is 12.4 Å². The lowest BCUT2D eigenvalue weighted by atomic mass is 10.1. The molecule has 26 heavy (non-hydrogen) atoms. The second-order valence-corrected chi connectivity index (χ2v) is 6.40. The van der Waals surface area contributed by atoms with Crippen LogP contribution in [0.15, 0.2) is 73.1 Å². The van der Waals surface area contributed by atoms with Gasteiger partial charge in [-0.05, 0) is 28.8 Å². The molecule has 0 saturated carbocycles. The zero-order valence-corrected chi connectivity index (χ0v) is 14.5. The van der Waals surface area contributed by atoms with Crippen LogP contribution in [0.2, 0.25) is 0 Å². The highest BCUT2D eigenvalue weighted by molar-refractivity contribution is 5.97. The first kappa shape index (κ1) is 16.3. The number of rotatable bonds is 5. The maximum atomic E-state index is 13.3. The number of para-hydroxylation sites is 1. The third-order valence-electron chi connectivity index (χ3n) is 4.54. The lowest BCUT2D eigenvalue weighted by Crippen LogP contribution is -2.30. The average Bonchev–Trinajstić information content (AvgIpc) is 3.17. The van der Waals surface area contributed by atoms with Gasteiger partial charge in [0.1, 0.15) is 5.75 Å². The monoisotopic (exact) mass is 344 g/mol. The molecule has 3 aromatic rings. The number of fused-ring (bicyclic) bond motifs is 1. The predicted molar refractivity (Wildman–Crippen MR) is 99.9 cm³/mol. The van der Waals surface area contributed by atoms with Crippen molar-refractivity contribution in [2.45, 2.75) is 19.5 Å². The minimum Gasteiger partial charge on any atom is -0.492 e. The molecule has 2 aromatic carbocycles. The molecule has 1 aliphatic rings. The van der Waals surface area contributed by atoms with Crippen molar-refractivity contribution < 1.29 is 9.53 Å². The minimum absolute atomic E-state index is 0.0172. The molecule has 1 amide bonds. The molecule has 0 unspecified atom stereocenters. The Kier molecular flexibility index (Phi) is 4.65. The first-order valence-electron chi connectivity index (χ1n) is 8.78. The van der Waals surface area contributed by atoms with E-state index in [0.717, 1.165) is 28.9 Å². The summed E-state index contributed by atoms with van der Waals surface area (Å²) in [6, 6.07) is 19.7. The van der Waals surface area contributed by atoms with Gasteiger partial charge in [0.15, 0.2) is 0 Å². The summed E-state index contributed by atoms with van der Waals surface area (Å²) in [6.45, 7) is 1.68. The molecule has 1 aromatic heterocycles. The number of nitrogens with zero attached hydrogens (tertiary/aromatic N) is 2. The molecule has 0 bridgehead atoms. The van der Waals surface area contributed by atoms with Crippen LogP contribution >= 0.6 is 0 Å². The van der Waals surface area contributed by atoms with Crippen LogP contribution in [0.25, 0.3) is 0 Å². The highest BCUT2D eigenvalue weighted by atomic mass is 16.5. The maximum absolute atomic E-state index is 13.3. The Morgan fingerprint density at radius 2 is 1.77 bits per heavy atom. The summed E-state index contributed by atoms with van der Waals surface area (Å²) in [6.07, 6.45) is 4.40. The van der Waals surface area contributed by atoms with E-state index in [1.165, 1.54) is 0 Å². The molecule has 0 saturated heterocycles. The van der Waals surface area contributed by atoms with Crippen molar-refractivity contribution in [3.05, 3.63) is 95.3 Å². The maximum Gasteiger partial charge on any atom is 0.258 e. The summed E-state index contributed by atoms with van der Waals surface area (Å²) in [7, 11) is 0. The Balaban J connectivity index is 1.65. The fourth-order valence-electron chi connectivity index (χ4n) is 3.27. The molecular formula is C22H20N2O2. The number of pyridine rings is 1. The molecule has 1 aliphatic heterocycles. The van der Waals surface area contributed by atoms with E-state index < -0.39 is 0 Å². The minimum atomic E-state index is -0.0172. The van der Waals surface area contributed by atoms with Crippen molar-refractivity contribution in [2.75, 3.05) is 6.61 Å². The molecule has 4 rings (SSSR count). The molecule has 2 heterocycles. The smallest absolute Gasteiger partial charge is 0.258 e. The van der Waals surface area contributed by atoms with Gasteiger partial charge in [-0.1, -0.05) is 48.5 Å². The van der Waals surface area contributed by atoms with Crippen molar-refractivity contribution in [1.29, 1.82) is 0 Å². The van der Waals surface area contributed by atoms with Crippen molar-refractivity contribution in [1.82, 2.24) is 9.88 Å². The lowest BCUT2D eigenvalue weighted by Gasteiger charge is -2.24. The third kappa shape index (κ3) is 3.45. The van der Waals surface area contributed by atoms with Crippen LogP contribution in [0.3, 0.4) is 0 Å². The van der Waals surface area contributed by atoms with Gasteiger partial charge >= 0.3 is 0 Å². The highest BCUT2D eigenvalue weighted by Gasteiger charge is 2.24. The number of aromatic nitrogens is 1. The zero-order chi connectivity index (χ0) is 17.8. The molecule has 4 nitrogen and oxygen atoms in total. The van der Waals surface area contributed by atoms with E-state index in [1.807, 2.05) is 65.6 Å². The highest BCUT2D eigenvalue weighted by Crippen LogP contribution is 2.31. The second kappa shape index (κ2) is 7.40. The number of hydrogen-bond donors (Lipinski definition) is 0. The van der Waals surface area contributed by atoms with E-state index >= 15 is 0 Å². The van der Waals surface area contributed by atoms with Crippen molar-refractivity contribution in [3.8, 4) is 5.75 Å². The predicted octanol–water partition coefficient (Wildman–Crippen LogP) is 3.86. The summed E-state index contributed by atoms with van der Waals surface area (Å²) in [4.78, 5) is 19.4. The van der Waals surface area contributed by atoms with Crippen LogP contribution in [0.4, 0.5) is 0 Å². The Labute approximate surface area is 153 Å². The van der Waals surface area contributed by atoms with Crippen LogP contribution in [0.1, 0.15) is 27.0 Å². The normalized spacial score (nSPS) is 12.3. The first-order chi connectivity index (χ1) is 12.8. The molecule has 0 spiro atoms. The quantitative estimate of drug-likeness (QED) is 0.706. The van der Waals surface area contributed by atoms with Gasteiger partial charge in [-0.15, -0.1) is 0 Å². The summed E-state index contributed by atoms with van der Waals surface area (Å²) in [5.41, 5.74) is 3.85. The summed E-state index contributed by atoms with van der Waals surface area (Å²) in [5, 5.41) is 0. The lowest BCUT2D eigenvalue weighted by molar-refractivity contribution is 0.0726. The fraction of sp³-hybridized carbons (Fsp3) is 0.182. The largest absolute Gasteiger partial charge is 0.492 e. The molecule has 0 aliphatic carbocycles. The molecule has 4 heteroatoms. The second-order valence-electron chi connectivity index (χ2n) is 6.40. The van der Waals surface area contributed by atoms with Gasteiger partial charge in [-0.3, -0.25) is 9.78 Å². The van der Waals surface area contributed by atoms with Crippen molar-refractivity contribution in [2.24, 2.45) is 0 Å². The molecule has 0 N–H and O–H groups in total. The number of carbonyl (C=O) groups excluding carboxylic acids is 1. The van der Waals surface area contributed by atoms with Crippen molar-refractivity contribution in [3.63, 3.8) is 0 Å². The number of carbonyl (C=O) groups is 1. The molecular weight excluding hydrogens is 324 g/mol. The van der Waals surface area contributed by atoms with E-state index in [0.29, 0.717) is 25.3 Å². The zero-order valence-electron chi connectivity index (χ0n) is 14.5. The van der Waals surface area contributed by atoms with Gasteiger partial charge in [-0.25, -0.2) is 0 Å². The van der Waals surface area contributed by atoms with Crippen LogP contribution < -0.4 is 4.74 Å². The van der Waals surface area contributed by atoms with Crippen LogP contribution in [-0.4, -0.2) is 22.4 Å². The Hall–Kier alpha value is -3.14. The standard InChI is InChI=1S/C22H20N2O2/c25-22(20-10-4-9-19-11-13-26-21(19)20)24(15-17-6-2-1-3-7-17)16-18-8-5-12-23-14-18/h1-10,12,14H,11,13,15-16H2. The number of amides is 1. The Bertz CT molecular complexity index is 853. The van der Waals surface area contributed by atoms with Crippen LogP contribution in [0.5, 0.6) is 5.75 Å². The van der Waals surface area contributed by atoms with E-state index in [2.05, 4.69) is 4.98 Å². The number of hydrogen-bond acceptors (Lipinski definition) is 3. The van der Waals surface area contributed by atoms with Crippen LogP contribution in [-0.2, 0) is 19.5 Å². The van der Waals surface area contributed by atoms with Gasteiger partial charge in [0.25, 0.3) is 5.91 Å². The number of ether oxygens (including phenoxy) is 1. The van der Waals surface area contributed by atoms with E-state index in [9.17, 15) is 4.79 Å². The van der Waals surface area contributed by atoms with Crippen molar-refractivity contribution >= 4 is 5.91 Å². The molecule has 0 atom stereocenters. The summed E-state index contributed by atoms with van der Waals surface area (Å²) in [5.74, 6) is 0.721. The molecule has 130 valence electrons. The summed E-state index contributed by atoms with van der Waals surface area (Å²) >= 11 is 0. The van der Waals surface area contributed by atoms with Gasteiger partial charge in [0.2, 0.25) is 0 Å². The fourth-order valence-corrected chi connectivity index (χ4v) is 3.27. The average molecular weight is 344 g/mol.